The third kappa shape index (κ3) is 2.83. The average Bonchev–Trinajstić information content (AvgIpc) is 2.72. The second kappa shape index (κ2) is 5.64. The van der Waals surface area contributed by atoms with E-state index in [1.807, 2.05) is 0 Å². The summed E-state index contributed by atoms with van der Waals surface area (Å²) in [4.78, 5) is 63.1. The van der Waals surface area contributed by atoms with Crippen molar-refractivity contribution in [1.82, 2.24) is 5.06 Å². The van der Waals surface area contributed by atoms with Crippen molar-refractivity contribution < 1.29 is 33.5 Å². The lowest BCUT2D eigenvalue weighted by molar-refractivity contribution is -0.172. The number of ether oxygens (including phenoxy) is 1. The summed E-state index contributed by atoms with van der Waals surface area (Å²) < 4.78 is 4.36. The lowest BCUT2D eigenvalue weighted by atomic mass is 9.96. The molecule has 1 aromatic carbocycles. The SMILES string of the molecule is O=C1CC(CC(=O)ON2C(=O)c3ccccc3C2=O)CC(=O)O1. The Labute approximate surface area is 129 Å². The number of nitrogens with zero attached hydrogens (tertiary/aromatic N) is 1. The Kier molecular flexibility index (Phi) is 3.65. The molecule has 118 valence electrons. The summed E-state index contributed by atoms with van der Waals surface area (Å²) in [7, 11) is 0. The molecular formula is C15H11NO7. The van der Waals surface area contributed by atoms with Crippen LogP contribution in [0.2, 0.25) is 0 Å². The van der Waals surface area contributed by atoms with Crippen LogP contribution in [0.5, 0.6) is 0 Å². The van der Waals surface area contributed by atoms with E-state index in [0.717, 1.165) is 0 Å². The summed E-state index contributed by atoms with van der Waals surface area (Å²) in [5.74, 6) is -4.30. The molecule has 0 unspecified atom stereocenters. The van der Waals surface area contributed by atoms with E-state index in [9.17, 15) is 24.0 Å². The van der Waals surface area contributed by atoms with E-state index in [2.05, 4.69) is 4.74 Å². The minimum absolute atomic E-state index is 0.0943. The van der Waals surface area contributed by atoms with Gasteiger partial charge in [0.2, 0.25) is 0 Å². The lowest BCUT2D eigenvalue weighted by Crippen LogP contribution is -2.34. The highest BCUT2D eigenvalue weighted by Gasteiger charge is 2.39. The minimum atomic E-state index is -0.869. The quantitative estimate of drug-likeness (QED) is 0.456. The molecule has 8 nitrogen and oxygen atoms in total. The van der Waals surface area contributed by atoms with Crippen molar-refractivity contribution in [3.05, 3.63) is 35.4 Å². The molecule has 1 fully saturated rings. The number of fused-ring (bicyclic) bond motifs is 1. The summed E-state index contributed by atoms with van der Waals surface area (Å²) in [6.07, 6.45) is -0.458. The molecule has 0 N–H and O–H groups in total. The van der Waals surface area contributed by atoms with Crippen molar-refractivity contribution in [2.24, 2.45) is 5.92 Å². The molecule has 1 saturated heterocycles. The molecule has 2 heterocycles. The van der Waals surface area contributed by atoms with Crippen molar-refractivity contribution >= 4 is 29.7 Å². The maximum atomic E-state index is 12.0. The van der Waals surface area contributed by atoms with Gasteiger partial charge in [0.05, 0.1) is 17.5 Å². The zero-order valence-corrected chi connectivity index (χ0v) is 11.8. The van der Waals surface area contributed by atoms with Gasteiger partial charge < -0.3 is 9.57 Å². The van der Waals surface area contributed by atoms with Crippen LogP contribution in [-0.2, 0) is 24.0 Å². The molecule has 0 spiro atoms. The first-order valence-electron chi connectivity index (χ1n) is 6.88. The van der Waals surface area contributed by atoms with Crippen LogP contribution in [0.4, 0.5) is 0 Å². The summed E-state index contributed by atoms with van der Waals surface area (Å²) in [6.45, 7) is 0. The van der Waals surface area contributed by atoms with Gasteiger partial charge in [-0.05, 0) is 18.1 Å². The lowest BCUT2D eigenvalue weighted by Gasteiger charge is -2.19. The predicted molar refractivity (Wildman–Crippen MR) is 71.5 cm³/mol. The maximum absolute atomic E-state index is 12.0. The van der Waals surface area contributed by atoms with Gasteiger partial charge in [0, 0.05) is 12.8 Å². The molecule has 2 aliphatic heterocycles. The molecule has 0 aliphatic carbocycles. The summed E-state index contributed by atoms with van der Waals surface area (Å²) >= 11 is 0. The van der Waals surface area contributed by atoms with Gasteiger partial charge in [-0.1, -0.05) is 17.2 Å². The Morgan fingerprint density at radius 2 is 1.57 bits per heavy atom. The van der Waals surface area contributed by atoms with E-state index in [1.54, 1.807) is 12.1 Å². The first kappa shape index (κ1) is 14.9. The van der Waals surface area contributed by atoms with Crippen LogP contribution in [0.15, 0.2) is 24.3 Å². The maximum Gasteiger partial charge on any atom is 0.333 e. The van der Waals surface area contributed by atoms with Gasteiger partial charge in [-0.3, -0.25) is 19.2 Å². The van der Waals surface area contributed by atoms with Gasteiger partial charge in [0.15, 0.2) is 0 Å². The number of carbonyl (C=O) groups excluding carboxylic acids is 5. The van der Waals surface area contributed by atoms with Gasteiger partial charge in [-0.2, -0.15) is 0 Å². The fourth-order valence-electron chi connectivity index (χ4n) is 2.52. The predicted octanol–water partition coefficient (Wildman–Crippen LogP) is 0.611. The van der Waals surface area contributed by atoms with Gasteiger partial charge in [-0.25, -0.2) is 4.79 Å². The van der Waals surface area contributed by atoms with Crippen molar-refractivity contribution in [2.75, 3.05) is 0 Å². The summed E-state index contributed by atoms with van der Waals surface area (Å²) in [5, 5.41) is 0.399. The highest BCUT2D eigenvalue weighted by molar-refractivity contribution is 6.20. The molecular weight excluding hydrogens is 306 g/mol. The third-order valence-electron chi connectivity index (χ3n) is 3.54. The third-order valence-corrected chi connectivity index (χ3v) is 3.54. The van der Waals surface area contributed by atoms with E-state index in [0.29, 0.717) is 5.06 Å². The molecule has 1 aromatic rings. The van der Waals surface area contributed by atoms with Crippen LogP contribution in [0.3, 0.4) is 0 Å². The number of cyclic esters (lactones) is 2. The van der Waals surface area contributed by atoms with Crippen molar-refractivity contribution in [2.45, 2.75) is 19.3 Å². The number of hydroxylamine groups is 2. The second-order valence-corrected chi connectivity index (χ2v) is 5.24. The highest BCUT2D eigenvalue weighted by Crippen LogP contribution is 2.25. The first-order valence-corrected chi connectivity index (χ1v) is 6.88. The van der Waals surface area contributed by atoms with Gasteiger partial charge in [-0.15, -0.1) is 0 Å². The number of hydrogen-bond acceptors (Lipinski definition) is 7. The molecule has 23 heavy (non-hydrogen) atoms. The van der Waals surface area contributed by atoms with Crippen LogP contribution >= 0.6 is 0 Å². The van der Waals surface area contributed by atoms with Gasteiger partial charge in [0.25, 0.3) is 11.8 Å². The van der Waals surface area contributed by atoms with Crippen molar-refractivity contribution in [1.29, 1.82) is 0 Å². The molecule has 2 aliphatic rings. The Bertz CT molecular complexity index is 688. The van der Waals surface area contributed by atoms with Crippen LogP contribution in [0, 0.1) is 5.92 Å². The fourth-order valence-corrected chi connectivity index (χ4v) is 2.52. The van der Waals surface area contributed by atoms with Crippen LogP contribution in [0.1, 0.15) is 40.0 Å². The molecule has 0 saturated carbocycles. The highest BCUT2D eigenvalue weighted by atomic mass is 16.7. The standard InChI is InChI=1S/C15H11NO7/c17-11-5-8(6-12(18)22-11)7-13(19)23-16-14(20)9-3-1-2-4-10(9)15(16)21/h1-4,8H,5-7H2. The normalized spacial score (nSPS) is 18.0. The van der Waals surface area contributed by atoms with E-state index in [-0.39, 0.29) is 30.4 Å². The molecule has 3 rings (SSSR count). The molecule has 2 amide bonds. The number of amides is 2. The number of benzene rings is 1. The molecule has 8 heteroatoms. The topological polar surface area (TPSA) is 107 Å². The zero-order valence-electron chi connectivity index (χ0n) is 11.8. The van der Waals surface area contributed by atoms with E-state index >= 15 is 0 Å². The minimum Gasteiger partial charge on any atom is -0.393 e. The van der Waals surface area contributed by atoms with Crippen LogP contribution in [-0.4, -0.2) is 34.8 Å². The van der Waals surface area contributed by atoms with Gasteiger partial charge >= 0.3 is 17.9 Å². The number of imide groups is 1. The van der Waals surface area contributed by atoms with Crippen LogP contribution in [0.25, 0.3) is 0 Å². The van der Waals surface area contributed by atoms with Crippen molar-refractivity contribution in [3.63, 3.8) is 0 Å². The second-order valence-electron chi connectivity index (χ2n) is 5.24. The summed E-state index contributed by atoms with van der Waals surface area (Å²) in [5.41, 5.74) is 0.309. The fraction of sp³-hybridized carbons (Fsp3) is 0.267. The largest absolute Gasteiger partial charge is 0.393 e. The molecule has 0 atom stereocenters. The van der Waals surface area contributed by atoms with Gasteiger partial charge in [0.1, 0.15) is 0 Å². The molecule has 0 radical (unpaired) electrons. The Hall–Kier alpha value is -3.03. The number of rotatable bonds is 3. The Morgan fingerprint density at radius 1 is 1.04 bits per heavy atom. The smallest absolute Gasteiger partial charge is 0.333 e. The monoisotopic (exact) mass is 317 g/mol. The first-order chi connectivity index (χ1) is 11.0. The Morgan fingerprint density at radius 3 is 2.09 bits per heavy atom. The van der Waals surface area contributed by atoms with E-state index in [1.165, 1.54) is 12.1 Å². The number of hydrogen-bond donors (Lipinski definition) is 0. The van der Waals surface area contributed by atoms with Crippen LogP contribution < -0.4 is 0 Å². The van der Waals surface area contributed by atoms with E-state index in [4.69, 9.17) is 4.84 Å². The summed E-state index contributed by atoms with van der Waals surface area (Å²) in [6, 6.07) is 6.10. The zero-order chi connectivity index (χ0) is 16.6. The number of carbonyl (C=O) groups is 5. The molecule has 0 bridgehead atoms. The average molecular weight is 317 g/mol. The Balaban J connectivity index is 1.65. The molecule has 0 aromatic heterocycles. The number of esters is 2. The van der Waals surface area contributed by atoms with Crippen molar-refractivity contribution in [3.8, 4) is 0 Å². The van der Waals surface area contributed by atoms with E-state index < -0.39 is 35.6 Å².